The Kier molecular flexibility index (Phi) is 1.40. The quantitative estimate of drug-likeness (QED) is 0.496. The second-order valence-corrected chi connectivity index (χ2v) is 2.63. The van der Waals surface area contributed by atoms with E-state index in [4.69, 9.17) is 5.11 Å². The first-order valence-electron chi connectivity index (χ1n) is 3.62. The van der Waals surface area contributed by atoms with Crippen LogP contribution >= 0.6 is 0 Å². The molecule has 0 aliphatic carbocycles. The van der Waals surface area contributed by atoms with E-state index in [-0.39, 0.29) is 18.2 Å². The fourth-order valence-corrected chi connectivity index (χ4v) is 1.16. The van der Waals surface area contributed by atoms with E-state index in [1.165, 1.54) is 6.07 Å². The van der Waals surface area contributed by atoms with Gasteiger partial charge >= 0.3 is 0 Å². The Morgan fingerprint density at radius 1 is 1.33 bits per heavy atom. The maximum Gasteiger partial charge on any atom is 0.243 e. The van der Waals surface area contributed by atoms with E-state index in [0.29, 0.717) is 5.69 Å². The molecule has 0 radical (unpaired) electrons. The largest absolute Gasteiger partial charge is 0.508 e. The van der Waals surface area contributed by atoms with Gasteiger partial charge in [-0.05, 0) is 12.1 Å². The van der Waals surface area contributed by atoms with E-state index < -0.39 is 0 Å². The number of phenolic OH excluding ortho intramolecular Hbond substituents is 1. The maximum atomic E-state index is 10.9. The highest BCUT2D eigenvalue weighted by molar-refractivity contribution is 6.00. The van der Waals surface area contributed by atoms with Crippen LogP contribution in [-0.4, -0.2) is 17.6 Å². The van der Waals surface area contributed by atoms with Crippen molar-refractivity contribution in [3.63, 3.8) is 0 Å². The molecular weight excluding hydrogens is 156 g/mol. The van der Waals surface area contributed by atoms with E-state index in [9.17, 15) is 4.79 Å². The molecule has 4 heteroatoms. The van der Waals surface area contributed by atoms with E-state index in [0.717, 1.165) is 5.69 Å². The van der Waals surface area contributed by atoms with Gasteiger partial charge in [-0.25, -0.2) is 0 Å². The van der Waals surface area contributed by atoms with Gasteiger partial charge in [-0.15, -0.1) is 0 Å². The standard InChI is InChI=1S/C8H8N2O2/c11-5-1-2-6-7(3-5)10-8(12)4-9-6/h1-3,9,11H,4H2,(H,10,12). The molecular formula is C8H8N2O2. The Hall–Kier alpha value is -1.71. The predicted molar refractivity (Wildman–Crippen MR) is 45.2 cm³/mol. The third-order valence-electron chi connectivity index (χ3n) is 1.72. The molecule has 12 heavy (non-hydrogen) atoms. The molecule has 0 spiro atoms. The summed E-state index contributed by atoms with van der Waals surface area (Å²) < 4.78 is 0. The Labute approximate surface area is 69.2 Å². The van der Waals surface area contributed by atoms with Crippen molar-refractivity contribution >= 4 is 17.3 Å². The van der Waals surface area contributed by atoms with Crippen molar-refractivity contribution in [2.24, 2.45) is 0 Å². The van der Waals surface area contributed by atoms with Crippen molar-refractivity contribution in [3.8, 4) is 5.75 Å². The zero-order valence-corrected chi connectivity index (χ0v) is 6.29. The molecule has 0 saturated carbocycles. The van der Waals surface area contributed by atoms with E-state index >= 15 is 0 Å². The second-order valence-electron chi connectivity index (χ2n) is 2.63. The number of amides is 1. The van der Waals surface area contributed by atoms with Crippen LogP contribution in [-0.2, 0) is 4.79 Å². The normalized spacial score (nSPS) is 14.5. The van der Waals surface area contributed by atoms with Crippen molar-refractivity contribution in [2.45, 2.75) is 0 Å². The first-order chi connectivity index (χ1) is 5.75. The first-order valence-corrected chi connectivity index (χ1v) is 3.62. The summed E-state index contributed by atoms with van der Waals surface area (Å²) in [7, 11) is 0. The molecule has 1 aliphatic heterocycles. The lowest BCUT2D eigenvalue weighted by molar-refractivity contribution is -0.114. The Morgan fingerprint density at radius 3 is 3.00 bits per heavy atom. The van der Waals surface area contributed by atoms with Crippen LogP contribution in [0.1, 0.15) is 0 Å². The lowest BCUT2D eigenvalue weighted by Gasteiger charge is -2.18. The maximum absolute atomic E-state index is 10.9. The molecule has 0 saturated heterocycles. The molecule has 62 valence electrons. The second kappa shape index (κ2) is 2.41. The van der Waals surface area contributed by atoms with Crippen LogP contribution in [0.4, 0.5) is 11.4 Å². The summed E-state index contributed by atoms with van der Waals surface area (Å²) >= 11 is 0. The van der Waals surface area contributed by atoms with Crippen LogP contribution in [0, 0.1) is 0 Å². The lowest BCUT2D eigenvalue weighted by Crippen LogP contribution is -2.27. The number of benzene rings is 1. The smallest absolute Gasteiger partial charge is 0.243 e. The summed E-state index contributed by atoms with van der Waals surface area (Å²) in [5.41, 5.74) is 1.47. The van der Waals surface area contributed by atoms with Crippen molar-refractivity contribution in [1.82, 2.24) is 0 Å². The summed E-state index contributed by atoms with van der Waals surface area (Å²) in [6.45, 7) is 0.289. The molecule has 1 amide bonds. The minimum Gasteiger partial charge on any atom is -0.508 e. The molecule has 3 N–H and O–H groups in total. The molecule has 0 bridgehead atoms. The summed E-state index contributed by atoms with van der Waals surface area (Å²) in [4.78, 5) is 10.9. The first kappa shape index (κ1) is 6.97. The third kappa shape index (κ3) is 1.07. The van der Waals surface area contributed by atoms with Gasteiger partial charge in [0.2, 0.25) is 5.91 Å². The van der Waals surface area contributed by atoms with Crippen LogP contribution in [0.3, 0.4) is 0 Å². The number of rotatable bonds is 0. The minimum atomic E-state index is -0.0897. The number of phenols is 1. The van der Waals surface area contributed by atoms with Crippen molar-refractivity contribution < 1.29 is 9.90 Å². The molecule has 0 fully saturated rings. The Balaban J connectivity index is 2.44. The van der Waals surface area contributed by atoms with Gasteiger partial charge in [-0.2, -0.15) is 0 Å². The minimum absolute atomic E-state index is 0.0897. The Morgan fingerprint density at radius 2 is 2.17 bits per heavy atom. The molecule has 1 aromatic carbocycles. The van der Waals surface area contributed by atoms with E-state index in [1.807, 2.05) is 0 Å². The molecule has 1 aliphatic rings. The highest BCUT2D eigenvalue weighted by Gasteiger charge is 2.13. The number of hydrogen-bond donors (Lipinski definition) is 3. The number of anilines is 2. The number of carbonyl (C=O) groups is 1. The Bertz CT molecular complexity index is 336. The fourth-order valence-electron chi connectivity index (χ4n) is 1.16. The van der Waals surface area contributed by atoms with E-state index in [2.05, 4.69) is 10.6 Å². The number of aromatic hydroxyl groups is 1. The molecule has 1 heterocycles. The van der Waals surface area contributed by atoms with Gasteiger partial charge in [0.1, 0.15) is 5.75 Å². The topological polar surface area (TPSA) is 61.4 Å². The van der Waals surface area contributed by atoms with Crippen molar-refractivity contribution in [3.05, 3.63) is 18.2 Å². The van der Waals surface area contributed by atoms with Crippen molar-refractivity contribution in [1.29, 1.82) is 0 Å². The summed E-state index contributed by atoms with van der Waals surface area (Å²) in [6.07, 6.45) is 0. The van der Waals surface area contributed by atoms with Crippen LogP contribution in [0.5, 0.6) is 5.75 Å². The molecule has 4 nitrogen and oxygen atoms in total. The molecule has 0 aromatic heterocycles. The highest BCUT2D eigenvalue weighted by atomic mass is 16.3. The summed E-state index contributed by atoms with van der Waals surface area (Å²) in [6, 6.07) is 4.81. The molecule has 0 unspecified atom stereocenters. The van der Waals surface area contributed by atoms with Gasteiger partial charge in [0.25, 0.3) is 0 Å². The van der Waals surface area contributed by atoms with Crippen LogP contribution in [0.2, 0.25) is 0 Å². The average molecular weight is 164 g/mol. The molecule has 2 rings (SSSR count). The van der Waals surface area contributed by atoms with Crippen LogP contribution in [0.25, 0.3) is 0 Å². The lowest BCUT2D eigenvalue weighted by atomic mass is 10.2. The third-order valence-corrected chi connectivity index (χ3v) is 1.72. The van der Waals surface area contributed by atoms with Gasteiger partial charge in [-0.3, -0.25) is 4.79 Å². The number of hydrogen-bond acceptors (Lipinski definition) is 3. The van der Waals surface area contributed by atoms with Gasteiger partial charge < -0.3 is 15.7 Å². The number of nitrogens with one attached hydrogen (secondary N) is 2. The fraction of sp³-hybridized carbons (Fsp3) is 0.125. The van der Waals surface area contributed by atoms with E-state index in [1.54, 1.807) is 12.1 Å². The number of carbonyl (C=O) groups excluding carboxylic acids is 1. The van der Waals surface area contributed by atoms with Gasteiger partial charge in [0.15, 0.2) is 0 Å². The highest BCUT2D eigenvalue weighted by Crippen LogP contribution is 2.27. The van der Waals surface area contributed by atoms with Crippen LogP contribution < -0.4 is 10.6 Å². The monoisotopic (exact) mass is 164 g/mol. The molecule has 0 atom stereocenters. The number of fused-ring (bicyclic) bond motifs is 1. The van der Waals surface area contributed by atoms with Crippen LogP contribution in [0.15, 0.2) is 18.2 Å². The van der Waals surface area contributed by atoms with Gasteiger partial charge in [0, 0.05) is 6.07 Å². The zero-order valence-electron chi connectivity index (χ0n) is 6.29. The zero-order chi connectivity index (χ0) is 8.55. The predicted octanol–water partition coefficient (Wildman–Crippen LogP) is 0.756. The SMILES string of the molecule is O=C1CNc2ccc(O)cc2N1. The molecule has 1 aromatic rings. The summed E-state index contributed by atoms with van der Waals surface area (Å²) in [5.74, 6) is 0.0610. The summed E-state index contributed by atoms with van der Waals surface area (Å²) in [5, 5.41) is 14.7. The van der Waals surface area contributed by atoms with Gasteiger partial charge in [0.05, 0.1) is 17.9 Å². The van der Waals surface area contributed by atoms with Gasteiger partial charge in [-0.1, -0.05) is 0 Å². The average Bonchev–Trinajstić information content (AvgIpc) is 2.03. The van der Waals surface area contributed by atoms with Crippen molar-refractivity contribution in [2.75, 3.05) is 17.2 Å².